The van der Waals surface area contributed by atoms with Crippen LogP contribution in [-0.2, 0) is 6.54 Å². The minimum absolute atomic E-state index is 0.240. The number of halogens is 1. The number of likely N-dealkylation sites (N-methyl/N-ethyl adjacent to an activating group) is 1. The van der Waals surface area contributed by atoms with Crippen molar-refractivity contribution in [1.29, 1.82) is 0 Å². The van der Waals surface area contributed by atoms with Crippen molar-refractivity contribution in [3.05, 3.63) is 65.5 Å². The van der Waals surface area contributed by atoms with Gasteiger partial charge in [-0.05, 0) is 55.4 Å². The van der Waals surface area contributed by atoms with Gasteiger partial charge in [-0.1, -0.05) is 12.1 Å². The first-order valence-corrected chi connectivity index (χ1v) is 10.1. The number of nitrogens with two attached hydrogens (primary N) is 1. The first-order valence-electron chi connectivity index (χ1n) is 10.1. The van der Waals surface area contributed by atoms with E-state index in [1.165, 1.54) is 11.6 Å². The number of hydrogen-bond donors (Lipinski definition) is 2. The van der Waals surface area contributed by atoms with Gasteiger partial charge < -0.3 is 16.0 Å². The fraction of sp³-hybridized carbons (Fsp3) is 0.304. The molecule has 2 heterocycles. The largest absolute Gasteiger partial charge is 0.384 e. The van der Waals surface area contributed by atoms with Crippen molar-refractivity contribution in [2.75, 3.05) is 44.3 Å². The van der Waals surface area contributed by atoms with Gasteiger partial charge in [0.25, 0.3) is 0 Å². The van der Waals surface area contributed by atoms with Gasteiger partial charge in [0, 0.05) is 50.0 Å². The van der Waals surface area contributed by atoms with Crippen LogP contribution in [0.3, 0.4) is 0 Å². The summed E-state index contributed by atoms with van der Waals surface area (Å²) in [4.78, 5) is 13.7. The molecule has 1 aliphatic rings. The molecule has 1 saturated heterocycles. The Bertz CT molecular complexity index is 1010. The summed E-state index contributed by atoms with van der Waals surface area (Å²) in [5.74, 6) is 0.533. The second-order valence-electron chi connectivity index (χ2n) is 7.87. The Kier molecular flexibility index (Phi) is 5.92. The molecular formula is C23H27FN6. The smallest absolute Gasteiger partial charge is 0.229 e. The highest BCUT2D eigenvalue weighted by molar-refractivity contribution is 5.66. The van der Waals surface area contributed by atoms with E-state index in [1.54, 1.807) is 25.1 Å². The van der Waals surface area contributed by atoms with Gasteiger partial charge in [0.15, 0.2) is 0 Å². The van der Waals surface area contributed by atoms with Crippen LogP contribution in [-0.4, -0.2) is 53.0 Å². The number of nitrogen functional groups attached to an aromatic ring is 1. The summed E-state index contributed by atoms with van der Waals surface area (Å²) < 4.78 is 13.6. The number of hydrogen-bond acceptors (Lipinski definition) is 6. The molecule has 0 unspecified atom stereocenters. The van der Waals surface area contributed by atoms with Crippen molar-refractivity contribution in [3.63, 3.8) is 0 Å². The number of anilines is 3. The van der Waals surface area contributed by atoms with Crippen molar-refractivity contribution >= 4 is 17.5 Å². The molecule has 1 fully saturated rings. The Morgan fingerprint density at radius 1 is 1.00 bits per heavy atom. The lowest BCUT2D eigenvalue weighted by Crippen LogP contribution is -2.43. The molecule has 0 atom stereocenters. The molecule has 156 valence electrons. The van der Waals surface area contributed by atoms with Gasteiger partial charge in [-0.25, -0.2) is 9.37 Å². The van der Waals surface area contributed by atoms with Crippen molar-refractivity contribution in [2.45, 2.75) is 13.5 Å². The number of aryl methyl sites for hydroxylation is 1. The molecule has 0 bridgehead atoms. The summed E-state index contributed by atoms with van der Waals surface area (Å²) in [6, 6.07) is 14.9. The topological polar surface area (TPSA) is 70.3 Å². The van der Waals surface area contributed by atoms with Crippen molar-refractivity contribution < 1.29 is 4.39 Å². The Morgan fingerprint density at radius 3 is 2.43 bits per heavy atom. The van der Waals surface area contributed by atoms with Crippen LogP contribution in [0.1, 0.15) is 11.1 Å². The van der Waals surface area contributed by atoms with Gasteiger partial charge in [0.05, 0.1) is 5.69 Å². The molecule has 0 spiro atoms. The van der Waals surface area contributed by atoms with Gasteiger partial charge >= 0.3 is 0 Å². The minimum Gasteiger partial charge on any atom is -0.384 e. The van der Waals surface area contributed by atoms with Crippen LogP contribution >= 0.6 is 0 Å². The Labute approximate surface area is 176 Å². The van der Waals surface area contributed by atoms with Gasteiger partial charge in [0.1, 0.15) is 11.6 Å². The molecule has 7 heteroatoms. The van der Waals surface area contributed by atoms with Crippen molar-refractivity contribution in [1.82, 2.24) is 19.8 Å². The van der Waals surface area contributed by atoms with E-state index in [0.29, 0.717) is 23.0 Å². The third kappa shape index (κ3) is 4.93. The van der Waals surface area contributed by atoms with Gasteiger partial charge in [-0.15, -0.1) is 0 Å². The third-order valence-electron chi connectivity index (χ3n) is 5.41. The van der Waals surface area contributed by atoms with Crippen LogP contribution in [0.2, 0.25) is 0 Å². The van der Waals surface area contributed by atoms with Gasteiger partial charge in [-0.3, -0.25) is 4.90 Å². The van der Waals surface area contributed by atoms with E-state index in [2.05, 4.69) is 44.3 Å². The quantitative estimate of drug-likeness (QED) is 0.674. The number of benzene rings is 2. The summed E-state index contributed by atoms with van der Waals surface area (Å²) in [6.45, 7) is 7.10. The molecule has 3 aromatic rings. The summed E-state index contributed by atoms with van der Waals surface area (Å²) in [6.07, 6.45) is 0. The number of piperazine rings is 1. The van der Waals surface area contributed by atoms with Crippen LogP contribution in [0.25, 0.3) is 11.3 Å². The van der Waals surface area contributed by atoms with Crippen molar-refractivity contribution in [2.24, 2.45) is 0 Å². The highest BCUT2D eigenvalue weighted by Crippen LogP contribution is 2.24. The van der Waals surface area contributed by atoms with E-state index < -0.39 is 0 Å². The molecule has 6 nitrogen and oxygen atoms in total. The van der Waals surface area contributed by atoms with Crippen LogP contribution in [0.15, 0.2) is 48.5 Å². The van der Waals surface area contributed by atoms with Crippen LogP contribution in [0.5, 0.6) is 0 Å². The summed E-state index contributed by atoms with van der Waals surface area (Å²) >= 11 is 0. The summed E-state index contributed by atoms with van der Waals surface area (Å²) in [5.41, 5.74) is 10.2. The lowest BCUT2D eigenvalue weighted by Gasteiger charge is -2.32. The van der Waals surface area contributed by atoms with Crippen molar-refractivity contribution in [3.8, 4) is 11.3 Å². The third-order valence-corrected chi connectivity index (χ3v) is 5.41. The van der Waals surface area contributed by atoms with E-state index in [9.17, 15) is 4.39 Å². The lowest BCUT2D eigenvalue weighted by atomic mass is 10.1. The SMILES string of the molecule is Cc1cc(-c2cc(N)nc(Nc3ccc(CN4CCN(C)CC4)cc3)n2)ccc1F. The Hall–Kier alpha value is -3.03. The number of rotatable bonds is 5. The average Bonchev–Trinajstić information content (AvgIpc) is 2.73. The molecular weight excluding hydrogens is 379 g/mol. The fourth-order valence-electron chi connectivity index (χ4n) is 3.56. The van der Waals surface area contributed by atoms with Crippen LogP contribution in [0, 0.1) is 12.7 Å². The molecule has 1 aromatic heterocycles. The average molecular weight is 407 g/mol. The summed E-state index contributed by atoms with van der Waals surface area (Å²) in [5, 5.41) is 3.22. The van der Waals surface area contributed by atoms with E-state index in [-0.39, 0.29) is 5.82 Å². The molecule has 3 N–H and O–H groups in total. The zero-order chi connectivity index (χ0) is 21.1. The normalized spacial score (nSPS) is 15.3. The molecule has 0 radical (unpaired) electrons. The van der Waals surface area contributed by atoms with E-state index in [0.717, 1.165) is 44.0 Å². The first-order chi connectivity index (χ1) is 14.5. The Morgan fingerprint density at radius 2 is 1.73 bits per heavy atom. The van der Waals surface area contributed by atoms with Crippen LogP contribution < -0.4 is 11.1 Å². The zero-order valence-electron chi connectivity index (χ0n) is 17.4. The molecule has 0 saturated carbocycles. The number of nitrogens with zero attached hydrogens (tertiary/aromatic N) is 4. The lowest BCUT2D eigenvalue weighted by molar-refractivity contribution is 0.148. The first kappa shape index (κ1) is 20.3. The predicted molar refractivity (Wildman–Crippen MR) is 119 cm³/mol. The van der Waals surface area contributed by atoms with E-state index in [1.807, 2.05) is 12.1 Å². The number of aromatic nitrogens is 2. The molecule has 0 amide bonds. The predicted octanol–water partition coefficient (Wildman–Crippen LogP) is 3.66. The highest BCUT2D eigenvalue weighted by atomic mass is 19.1. The van der Waals surface area contributed by atoms with E-state index in [4.69, 9.17) is 5.73 Å². The second-order valence-corrected chi connectivity index (χ2v) is 7.87. The second kappa shape index (κ2) is 8.77. The standard InChI is InChI=1S/C23H27FN6/c1-16-13-18(5-8-20(16)24)21-14-22(25)28-23(27-21)26-19-6-3-17(4-7-19)15-30-11-9-29(2)10-12-30/h3-8,13-14H,9-12,15H2,1-2H3,(H3,25,26,27,28). The summed E-state index contributed by atoms with van der Waals surface area (Å²) in [7, 11) is 2.17. The van der Waals surface area contributed by atoms with Gasteiger partial charge in [-0.2, -0.15) is 4.98 Å². The fourth-order valence-corrected chi connectivity index (χ4v) is 3.56. The maximum Gasteiger partial charge on any atom is 0.229 e. The molecule has 0 aliphatic carbocycles. The molecule has 30 heavy (non-hydrogen) atoms. The maximum atomic E-state index is 13.6. The molecule has 2 aromatic carbocycles. The Balaban J connectivity index is 1.46. The minimum atomic E-state index is -0.240. The van der Waals surface area contributed by atoms with E-state index >= 15 is 0 Å². The maximum absolute atomic E-state index is 13.6. The van der Waals surface area contributed by atoms with Crippen LogP contribution in [0.4, 0.5) is 21.8 Å². The monoisotopic (exact) mass is 406 g/mol. The molecule has 1 aliphatic heterocycles. The highest BCUT2D eigenvalue weighted by Gasteiger charge is 2.14. The van der Waals surface area contributed by atoms with Gasteiger partial charge in [0.2, 0.25) is 5.95 Å². The number of nitrogens with one attached hydrogen (secondary N) is 1. The zero-order valence-corrected chi connectivity index (χ0v) is 17.4. The molecule has 4 rings (SSSR count).